The van der Waals surface area contributed by atoms with E-state index in [1.807, 2.05) is 0 Å². The summed E-state index contributed by atoms with van der Waals surface area (Å²) in [6, 6.07) is 8.06. The first kappa shape index (κ1) is 19.3. The number of hydrogen-bond donors (Lipinski definition) is 2. The maximum Gasteiger partial charge on any atom is 0.243 e. The van der Waals surface area contributed by atoms with Crippen LogP contribution >= 0.6 is 34.5 Å². The van der Waals surface area contributed by atoms with E-state index in [0.29, 0.717) is 11.5 Å². The number of nitrogens with one attached hydrogen (secondary N) is 1. The molecule has 0 fully saturated rings. The molecule has 1 aromatic heterocycles. The van der Waals surface area contributed by atoms with Gasteiger partial charge in [-0.1, -0.05) is 23.2 Å². The highest BCUT2D eigenvalue weighted by molar-refractivity contribution is 7.89. The molecule has 0 saturated carbocycles. The highest BCUT2D eigenvalue weighted by Crippen LogP contribution is 2.34. The van der Waals surface area contributed by atoms with Crippen molar-refractivity contribution in [2.75, 3.05) is 20.3 Å². The predicted octanol–water partition coefficient (Wildman–Crippen LogP) is 2.78. The van der Waals surface area contributed by atoms with Gasteiger partial charge in [0, 0.05) is 6.54 Å². The Balaban J connectivity index is 1.86. The number of ether oxygens (including phenoxy) is 2. The highest BCUT2D eigenvalue weighted by Gasteiger charge is 2.22. The van der Waals surface area contributed by atoms with Crippen molar-refractivity contribution < 1.29 is 23.0 Å². The third-order valence-electron chi connectivity index (χ3n) is 2.93. The van der Waals surface area contributed by atoms with Crippen LogP contribution in [0.2, 0.25) is 8.67 Å². The Morgan fingerprint density at radius 1 is 1.25 bits per heavy atom. The van der Waals surface area contributed by atoms with Gasteiger partial charge in [0.15, 0.2) is 0 Å². The molecular weight excluding hydrogens is 397 g/mol. The van der Waals surface area contributed by atoms with E-state index in [0.717, 1.165) is 11.3 Å². The fourth-order valence-corrected chi connectivity index (χ4v) is 4.94. The Morgan fingerprint density at radius 2 is 1.88 bits per heavy atom. The standard InChI is InChI=1S/C14H15Cl2NO5S2/c1-21-10-2-4-11(5-3-10)22-8-9(18)7-17-24(19,20)12-6-13(15)23-14(12)16/h2-6,9,17-18H,7-8H2,1H3. The Morgan fingerprint density at radius 3 is 2.42 bits per heavy atom. The van der Waals surface area contributed by atoms with Gasteiger partial charge in [0.2, 0.25) is 10.0 Å². The van der Waals surface area contributed by atoms with E-state index >= 15 is 0 Å². The van der Waals surface area contributed by atoms with E-state index in [-0.39, 0.29) is 26.7 Å². The van der Waals surface area contributed by atoms with Gasteiger partial charge >= 0.3 is 0 Å². The highest BCUT2D eigenvalue weighted by atomic mass is 35.5. The van der Waals surface area contributed by atoms with Crippen LogP contribution in [-0.4, -0.2) is 39.9 Å². The Hall–Kier alpha value is -1.03. The fraction of sp³-hybridized carbons (Fsp3) is 0.286. The quantitative estimate of drug-likeness (QED) is 0.697. The second-order valence-electron chi connectivity index (χ2n) is 4.68. The summed E-state index contributed by atoms with van der Waals surface area (Å²) in [6.07, 6.45) is -1.03. The monoisotopic (exact) mass is 411 g/mol. The van der Waals surface area contributed by atoms with Crippen LogP contribution in [0.4, 0.5) is 0 Å². The minimum atomic E-state index is -3.85. The van der Waals surface area contributed by atoms with Crippen LogP contribution in [0.1, 0.15) is 0 Å². The van der Waals surface area contributed by atoms with Gasteiger partial charge in [0.25, 0.3) is 0 Å². The second kappa shape index (κ2) is 8.37. The third-order valence-corrected chi connectivity index (χ3v) is 6.10. The van der Waals surface area contributed by atoms with Crippen LogP contribution in [0, 0.1) is 0 Å². The van der Waals surface area contributed by atoms with E-state index in [1.54, 1.807) is 31.4 Å². The number of hydrogen-bond acceptors (Lipinski definition) is 6. The Kier molecular flexibility index (Phi) is 6.73. The molecule has 1 heterocycles. The Labute approximate surface area is 154 Å². The second-order valence-corrected chi connectivity index (χ2v) is 8.70. The number of sulfonamides is 1. The first-order chi connectivity index (χ1) is 11.3. The summed E-state index contributed by atoms with van der Waals surface area (Å²) in [7, 11) is -2.29. The van der Waals surface area contributed by atoms with Gasteiger partial charge in [-0.3, -0.25) is 0 Å². The first-order valence-corrected chi connectivity index (χ1v) is 9.77. The number of methoxy groups -OCH3 is 1. The van der Waals surface area contributed by atoms with Crippen LogP contribution < -0.4 is 14.2 Å². The lowest BCUT2D eigenvalue weighted by Crippen LogP contribution is -2.35. The zero-order chi connectivity index (χ0) is 17.7. The van der Waals surface area contributed by atoms with Crippen molar-refractivity contribution in [3.05, 3.63) is 39.0 Å². The number of benzene rings is 1. The van der Waals surface area contributed by atoms with Gasteiger partial charge in [-0.05, 0) is 30.3 Å². The van der Waals surface area contributed by atoms with Crippen molar-refractivity contribution in [2.24, 2.45) is 0 Å². The minimum Gasteiger partial charge on any atom is -0.497 e. The van der Waals surface area contributed by atoms with E-state index in [2.05, 4.69) is 4.72 Å². The number of aliphatic hydroxyl groups excluding tert-OH is 1. The molecule has 1 atom stereocenters. The van der Waals surface area contributed by atoms with E-state index in [1.165, 1.54) is 6.07 Å². The molecule has 1 unspecified atom stereocenters. The molecule has 10 heteroatoms. The lowest BCUT2D eigenvalue weighted by Gasteiger charge is -2.13. The van der Waals surface area contributed by atoms with Gasteiger partial charge in [-0.2, -0.15) is 0 Å². The van der Waals surface area contributed by atoms with Crippen LogP contribution in [0.15, 0.2) is 35.2 Å². The zero-order valence-corrected chi connectivity index (χ0v) is 15.7. The smallest absolute Gasteiger partial charge is 0.243 e. The third kappa shape index (κ3) is 5.23. The maximum atomic E-state index is 12.1. The van der Waals surface area contributed by atoms with Gasteiger partial charge in [-0.15, -0.1) is 11.3 Å². The summed E-state index contributed by atoms with van der Waals surface area (Å²) >= 11 is 12.5. The van der Waals surface area contributed by atoms with Crippen molar-refractivity contribution in [3.8, 4) is 11.5 Å². The largest absolute Gasteiger partial charge is 0.497 e. The summed E-state index contributed by atoms with van der Waals surface area (Å²) in [4.78, 5) is -0.109. The van der Waals surface area contributed by atoms with Crippen LogP contribution in [-0.2, 0) is 10.0 Å². The normalized spacial score (nSPS) is 12.8. The van der Waals surface area contributed by atoms with Gasteiger partial charge in [0.05, 0.1) is 11.4 Å². The van der Waals surface area contributed by atoms with E-state index in [4.69, 9.17) is 32.7 Å². The number of rotatable bonds is 8. The molecule has 0 aliphatic carbocycles. The summed E-state index contributed by atoms with van der Waals surface area (Å²) in [5.41, 5.74) is 0. The molecule has 24 heavy (non-hydrogen) atoms. The van der Waals surface area contributed by atoms with Crippen molar-refractivity contribution in [1.82, 2.24) is 4.72 Å². The average Bonchev–Trinajstić information content (AvgIpc) is 2.91. The first-order valence-electron chi connectivity index (χ1n) is 6.71. The molecule has 0 bridgehead atoms. The molecular formula is C14H15Cl2NO5S2. The van der Waals surface area contributed by atoms with Crippen molar-refractivity contribution >= 4 is 44.6 Å². The molecule has 2 aromatic rings. The summed E-state index contributed by atoms with van der Waals surface area (Å²) < 4.78 is 37.2. The number of halogens is 2. The maximum absolute atomic E-state index is 12.1. The van der Waals surface area contributed by atoms with E-state index in [9.17, 15) is 13.5 Å². The molecule has 6 nitrogen and oxygen atoms in total. The Bertz CT molecular complexity index is 777. The van der Waals surface area contributed by atoms with Crippen LogP contribution in [0.5, 0.6) is 11.5 Å². The molecule has 0 aliphatic rings. The lowest BCUT2D eigenvalue weighted by molar-refractivity contribution is 0.111. The van der Waals surface area contributed by atoms with E-state index < -0.39 is 16.1 Å². The zero-order valence-electron chi connectivity index (χ0n) is 12.5. The van der Waals surface area contributed by atoms with Gasteiger partial charge in [-0.25, -0.2) is 13.1 Å². The average molecular weight is 412 g/mol. The molecule has 2 N–H and O–H groups in total. The molecule has 0 spiro atoms. The summed E-state index contributed by atoms with van der Waals surface area (Å²) in [5, 5.41) is 9.86. The van der Waals surface area contributed by atoms with Gasteiger partial charge < -0.3 is 14.6 Å². The van der Waals surface area contributed by atoms with Crippen LogP contribution in [0.3, 0.4) is 0 Å². The SMILES string of the molecule is COc1ccc(OCC(O)CNS(=O)(=O)c2cc(Cl)sc2Cl)cc1. The molecule has 2 rings (SSSR count). The van der Waals surface area contributed by atoms with Crippen molar-refractivity contribution in [1.29, 1.82) is 0 Å². The molecule has 1 aromatic carbocycles. The summed E-state index contributed by atoms with van der Waals surface area (Å²) in [6.45, 7) is -0.296. The van der Waals surface area contributed by atoms with Crippen molar-refractivity contribution in [3.63, 3.8) is 0 Å². The molecule has 0 saturated heterocycles. The molecule has 0 amide bonds. The molecule has 0 aliphatic heterocycles. The topological polar surface area (TPSA) is 84.9 Å². The molecule has 132 valence electrons. The number of thiophene rings is 1. The summed E-state index contributed by atoms with van der Waals surface area (Å²) in [5.74, 6) is 1.22. The predicted molar refractivity (Wildman–Crippen MR) is 94.0 cm³/mol. The minimum absolute atomic E-state index is 0.0662. The molecule has 0 radical (unpaired) electrons. The van der Waals surface area contributed by atoms with Crippen LogP contribution in [0.25, 0.3) is 0 Å². The lowest BCUT2D eigenvalue weighted by atomic mass is 10.3. The van der Waals surface area contributed by atoms with Crippen molar-refractivity contribution in [2.45, 2.75) is 11.0 Å². The fourth-order valence-electron chi connectivity index (χ4n) is 1.72. The number of aliphatic hydroxyl groups is 1. The van der Waals surface area contributed by atoms with Gasteiger partial charge in [0.1, 0.15) is 33.4 Å².